The van der Waals surface area contributed by atoms with Crippen LogP contribution in [0.3, 0.4) is 0 Å². The van der Waals surface area contributed by atoms with Gasteiger partial charge in [0.15, 0.2) is 0 Å². The minimum atomic E-state index is -0.0840. The van der Waals surface area contributed by atoms with Crippen LogP contribution < -0.4 is 11.3 Å². The molecule has 0 radical (unpaired) electrons. The summed E-state index contributed by atoms with van der Waals surface area (Å²) in [6, 6.07) is 11.4. The molecule has 2 aromatic rings. The number of nitrogens with two attached hydrogens (primary N) is 1. The second-order valence-corrected chi connectivity index (χ2v) is 4.29. The first-order valence-corrected chi connectivity index (χ1v) is 6.06. The quantitative estimate of drug-likeness (QED) is 0.886. The van der Waals surface area contributed by atoms with Crippen molar-refractivity contribution in [3.63, 3.8) is 0 Å². The fourth-order valence-corrected chi connectivity index (χ4v) is 1.73. The molecule has 4 nitrogen and oxygen atoms in total. The van der Waals surface area contributed by atoms with E-state index in [2.05, 4.69) is 5.10 Å². The summed E-state index contributed by atoms with van der Waals surface area (Å²) < 4.78 is 1.47. The van der Waals surface area contributed by atoms with E-state index < -0.39 is 0 Å². The van der Waals surface area contributed by atoms with E-state index in [1.165, 1.54) is 10.2 Å². The summed E-state index contributed by atoms with van der Waals surface area (Å²) in [4.78, 5) is 11.6. The predicted molar refractivity (Wildman–Crippen MR) is 72.3 cm³/mol. The lowest BCUT2D eigenvalue weighted by Gasteiger charge is -2.06. The van der Waals surface area contributed by atoms with Crippen LogP contribution >= 0.6 is 0 Å². The number of rotatable bonds is 4. The Labute approximate surface area is 106 Å². The maximum atomic E-state index is 11.6. The van der Waals surface area contributed by atoms with Crippen molar-refractivity contribution in [2.75, 3.05) is 6.54 Å². The highest BCUT2D eigenvalue weighted by Crippen LogP contribution is 2.15. The van der Waals surface area contributed by atoms with Crippen LogP contribution in [0.25, 0.3) is 11.3 Å². The Morgan fingerprint density at radius 1 is 1.17 bits per heavy atom. The highest BCUT2D eigenvalue weighted by molar-refractivity contribution is 5.58. The third-order valence-electron chi connectivity index (χ3n) is 2.79. The molecule has 1 heterocycles. The fourth-order valence-electron chi connectivity index (χ4n) is 1.73. The molecular weight excluding hydrogens is 226 g/mol. The normalized spacial score (nSPS) is 10.6. The fraction of sp³-hybridized carbons (Fsp3) is 0.286. The first-order chi connectivity index (χ1) is 8.70. The minimum absolute atomic E-state index is 0.0840. The van der Waals surface area contributed by atoms with E-state index in [0.29, 0.717) is 13.1 Å². The van der Waals surface area contributed by atoms with Crippen LogP contribution in [0.15, 0.2) is 41.2 Å². The van der Waals surface area contributed by atoms with Gasteiger partial charge in [-0.25, -0.2) is 4.68 Å². The highest BCUT2D eigenvalue weighted by Gasteiger charge is 2.02. The highest BCUT2D eigenvalue weighted by atomic mass is 16.1. The van der Waals surface area contributed by atoms with E-state index in [-0.39, 0.29) is 5.56 Å². The molecule has 18 heavy (non-hydrogen) atoms. The van der Waals surface area contributed by atoms with E-state index in [4.69, 9.17) is 5.73 Å². The average Bonchev–Trinajstić information content (AvgIpc) is 2.39. The van der Waals surface area contributed by atoms with Gasteiger partial charge in [-0.05, 0) is 26.0 Å². The summed E-state index contributed by atoms with van der Waals surface area (Å²) >= 11 is 0. The van der Waals surface area contributed by atoms with Gasteiger partial charge < -0.3 is 5.73 Å². The molecule has 2 rings (SSSR count). The van der Waals surface area contributed by atoms with Crippen LogP contribution in [0.5, 0.6) is 0 Å². The number of benzene rings is 1. The lowest BCUT2D eigenvalue weighted by atomic mass is 10.1. The topological polar surface area (TPSA) is 60.9 Å². The first kappa shape index (κ1) is 12.5. The zero-order chi connectivity index (χ0) is 13.0. The summed E-state index contributed by atoms with van der Waals surface area (Å²) in [5.74, 6) is 0. The van der Waals surface area contributed by atoms with Crippen LogP contribution in [0, 0.1) is 6.92 Å². The van der Waals surface area contributed by atoms with Gasteiger partial charge >= 0.3 is 0 Å². The molecular formula is C14H17N3O. The second kappa shape index (κ2) is 5.60. The lowest BCUT2D eigenvalue weighted by Crippen LogP contribution is -2.23. The molecule has 4 heteroatoms. The van der Waals surface area contributed by atoms with Crippen molar-refractivity contribution in [2.24, 2.45) is 5.73 Å². The van der Waals surface area contributed by atoms with Crippen molar-refractivity contribution >= 4 is 0 Å². The summed E-state index contributed by atoms with van der Waals surface area (Å²) in [6.45, 7) is 3.16. The Bertz CT molecular complexity index is 572. The number of hydrogen-bond donors (Lipinski definition) is 1. The van der Waals surface area contributed by atoms with E-state index >= 15 is 0 Å². The number of aryl methyl sites for hydroxylation is 2. The van der Waals surface area contributed by atoms with Gasteiger partial charge in [-0.2, -0.15) is 5.10 Å². The van der Waals surface area contributed by atoms with Crippen molar-refractivity contribution in [1.29, 1.82) is 0 Å². The average molecular weight is 243 g/mol. The van der Waals surface area contributed by atoms with Crippen LogP contribution in [0.4, 0.5) is 0 Å². The molecule has 2 N–H and O–H groups in total. The minimum Gasteiger partial charge on any atom is -0.330 e. The second-order valence-electron chi connectivity index (χ2n) is 4.29. The monoisotopic (exact) mass is 243 g/mol. The summed E-state index contributed by atoms with van der Waals surface area (Å²) in [7, 11) is 0. The third kappa shape index (κ3) is 2.84. The molecule has 0 aliphatic carbocycles. The smallest absolute Gasteiger partial charge is 0.266 e. The lowest BCUT2D eigenvalue weighted by molar-refractivity contribution is 0.556. The van der Waals surface area contributed by atoms with Gasteiger partial charge in [-0.1, -0.05) is 29.8 Å². The first-order valence-electron chi connectivity index (χ1n) is 6.06. The zero-order valence-corrected chi connectivity index (χ0v) is 10.5. The summed E-state index contributed by atoms with van der Waals surface area (Å²) in [5.41, 5.74) is 8.40. The molecule has 0 unspecified atom stereocenters. The van der Waals surface area contributed by atoms with Crippen molar-refractivity contribution < 1.29 is 0 Å². The van der Waals surface area contributed by atoms with Crippen LogP contribution in [0.1, 0.15) is 12.0 Å². The molecule has 1 aromatic carbocycles. The van der Waals surface area contributed by atoms with Gasteiger partial charge in [0.25, 0.3) is 5.56 Å². The molecule has 0 aliphatic rings. The molecule has 94 valence electrons. The van der Waals surface area contributed by atoms with E-state index in [1.807, 2.05) is 31.2 Å². The Kier molecular flexibility index (Phi) is 3.89. The van der Waals surface area contributed by atoms with E-state index in [1.54, 1.807) is 12.1 Å². The van der Waals surface area contributed by atoms with E-state index in [0.717, 1.165) is 17.7 Å². The number of nitrogens with zero attached hydrogens (tertiary/aromatic N) is 2. The van der Waals surface area contributed by atoms with Gasteiger partial charge in [0, 0.05) is 18.2 Å². The molecule has 0 amide bonds. The Balaban J connectivity index is 2.34. The van der Waals surface area contributed by atoms with Crippen LogP contribution in [0.2, 0.25) is 0 Å². The van der Waals surface area contributed by atoms with Gasteiger partial charge in [-0.3, -0.25) is 4.79 Å². The molecule has 1 aromatic heterocycles. The van der Waals surface area contributed by atoms with Crippen LogP contribution in [-0.4, -0.2) is 16.3 Å². The van der Waals surface area contributed by atoms with Crippen molar-refractivity contribution in [3.05, 3.63) is 52.3 Å². The number of hydrogen-bond acceptors (Lipinski definition) is 3. The third-order valence-corrected chi connectivity index (χ3v) is 2.79. The van der Waals surface area contributed by atoms with Crippen molar-refractivity contribution in [3.8, 4) is 11.3 Å². The predicted octanol–water partition coefficient (Wildman–Crippen LogP) is 1.57. The molecule has 0 fully saturated rings. The van der Waals surface area contributed by atoms with Crippen molar-refractivity contribution in [2.45, 2.75) is 19.9 Å². The molecule has 0 saturated carbocycles. The molecule has 0 aliphatic heterocycles. The molecule has 0 saturated heterocycles. The summed E-state index contributed by atoms with van der Waals surface area (Å²) in [6.07, 6.45) is 0.754. The molecule has 0 spiro atoms. The Hall–Kier alpha value is -1.94. The maximum Gasteiger partial charge on any atom is 0.266 e. The van der Waals surface area contributed by atoms with Crippen LogP contribution in [-0.2, 0) is 6.54 Å². The molecule has 0 bridgehead atoms. The van der Waals surface area contributed by atoms with Gasteiger partial charge in [0.1, 0.15) is 0 Å². The Morgan fingerprint density at radius 3 is 2.56 bits per heavy atom. The van der Waals surface area contributed by atoms with Gasteiger partial charge in [0.05, 0.1) is 5.69 Å². The van der Waals surface area contributed by atoms with Gasteiger partial charge in [0.2, 0.25) is 0 Å². The number of aromatic nitrogens is 2. The maximum absolute atomic E-state index is 11.6. The molecule has 0 atom stereocenters. The van der Waals surface area contributed by atoms with Crippen molar-refractivity contribution in [1.82, 2.24) is 9.78 Å². The van der Waals surface area contributed by atoms with E-state index in [9.17, 15) is 4.79 Å². The van der Waals surface area contributed by atoms with Gasteiger partial charge in [-0.15, -0.1) is 0 Å². The Morgan fingerprint density at radius 2 is 1.89 bits per heavy atom. The largest absolute Gasteiger partial charge is 0.330 e. The standard InChI is InChI=1S/C14H17N3O/c1-11-3-5-12(6-4-11)13-7-8-14(18)17(16-13)10-2-9-15/h3-8H,2,9-10,15H2,1H3. The SMILES string of the molecule is Cc1ccc(-c2ccc(=O)n(CCCN)n2)cc1. The zero-order valence-electron chi connectivity index (χ0n) is 10.5. The summed E-state index contributed by atoms with van der Waals surface area (Å²) in [5, 5.41) is 4.36.